The predicted molar refractivity (Wildman–Crippen MR) is 94.1 cm³/mol. The van der Waals surface area contributed by atoms with Crippen molar-refractivity contribution in [2.75, 3.05) is 28.9 Å². The topological polar surface area (TPSA) is 49.4 Å². The number of nitrogens with zero attached hydrogens (tertiary/aromatic N) is 1. The van der Waals surface area contributed by atoms with Crippen molar-refractivity contribution in [3.05, 3.63) is 29.8 Å². The lowest BCUT2D eigenvalue weighted by Crippen LogP contribution is -2.27. The van der Waals surface area contributed by atoms with Crippen molar-refractivity contribution in [3.8, 4) is 0 Å². The Balaban J connectivity index is 1.67. The minimum atomic E-state index is -3.10. The third-order valence-corrected chi connectivity index (χ3v) is 7.70. The molecule has 0 radical (unpaired) electrons. The molecule has 0 saturated carbocycles. The maximum absolute atomic E-state index is 12.1. The summed E-state index contributed by atoms with van der Waals surface area (Å²) in [6, 6.07) is 8.19. The highest BCUT2D eigenvalue weighted by molar-refractivity contribution is 8.00. The largest absolute Gasteiger partial charge is 0.309 e. The monoisotopic (exact) mass is 340 g/mol. The summed E-state index contributed by atoms with van der Waals surface area (Å²) in [5.41, 5.74) is 1.96. The molecule has 1 aromatic rings. The van der Waals surface area contributed by atoms with Crippen LogP contribution in [0, 0.1) is 0 Å². The summed E-state index contributed by atoms with van der Waals surface area (Å²) in [6.07, 6.45) is 3.35. The quantitative estimate of drug-likeness (QED) is 0.895. The average molecular weight is 341 g/mol. The molecule has 0 aromatic heterocycles. The molecular formula is C16H24N2O2S2. The summed E-state index contributed by atoms with van der Waals surface area (Å²) in [4.78, 5) is 0. The van der Waals surface area contributed by atoms with Crippen LogP contribution < -0.4 is 9.62 Å². The van der Waals surface area contributed by atoms with Gasteiger partial charge in [-0.1, -0.05) is 12.1 Å². The highest BCUT2D eigenvalue weighted by Crippen LogP contribution is 2.28. The van der Waals surface area contributed by atoms with Crippen molar-refractivity contribution in [3.63, 3.8) is 0 Å². The molecule has 0 spiro atoms. The molecule has 0 bridgehead atoms. The lowest BCUT2D eigenvalue weighted by atomic mass is 10.1. The number of rotatable bonds is 5. The zero-order valence-corrected chi connectivity index (χ0v) is 14.6. The fourth-order valence-corrected chi connectivity index (χ4v) is 5.88. The van der Waals surface area contributed by atoms with Gasteiger partial charge in [0, 0.05) is 24.4 Å². The third-order valence-electron chi connectivity index (χ3n) is 4.43. The van der Waals surface area contributed by atoms with Gasteiger partial charge in [0.25, 0.3) is 0 Å². The van der Waals surface area contributed by atoms with Gasteiger partial charge < -0.3 is 5.32 Å². The van der Waals surface area contributed by atoms with Gasteiger partial charge in [0.2, 0.25) is 10.0 Å². The molecule has 2 atom stereocenters. The average Bonchev–Trinajstić information content (AvgIpc) is 3.13. The second kappa shape index (κ2) is 6.81. The fraction of sp³-hybridized carbons (Fsp3) is 0.625. The normalized spacial score (nSPS) is 25.5. The lowest BCUT2D eigenvalue weighted by molar-refractivity contribution is 0.559. The van der Waals surface area contributed by atoms with Crippen LogP contribution in [0.25, 0.3) is 0 Å². The van der Waals surface area contributed by atoms with Gasteiger partial charge in [-0.3, -0.25) is 4.31 Å². The first-order valence-corrected chi connectivity index (χ1v) is 10.7. The van der Waals surface area contributed by atoms with E-state index in [1.165, 1.54) is 18.6 Å². The first-order valence-electron chi connectivity index (χ1n) is 8.01. The van der Waals surface area contributed by atoms with Gasteiger partial charge in [0.15, 0.2) is 0 Å². The molecule has 2 fully saturated rings. The van der Waals surface area contributed by atoms with Gasteiger partial charge in [0.05, 0.1) is 11.4 Å². The van der Waals surface area contributed by atoms with Gasteiger partial charge in [-0.15, -0.1) is 0 Å². The lowest BCUT2D eigenvalue weighted by Gasteiger charge is -2.21. The van der Waals surface area contributed by atoms with Crippen LogP contribution >= 0.6 is 11.8 Å². The number of anilines is 1. The second-order valence-corrected chi connectivity index (χ2v) is 9.52. The zero-order chi connectivity index (χ0) is 15.6. The molecule has 0 amide bonds. The summed E-state index contributed by atoms with van der Waals surface area (Å²) in [5.74, 6) is 1.55. The molecule has 22 heavy (non-hydrogen) atoms. The zero-order valence-electron chi connectivity index (χ0n) is 13.0. The Morgan fingerprint density at radius 2 is 2.27 bits per heavy atom. The summed E-state index contributed by atoms with van der Waals surface area (Å²) in [5, 5.41) is 4.32. The smallest absolute Gasteiger partial charge is 0.235 e. The molecule has 2 saturated heterocycles. The van der Waals surface area contributed by atoms with E-state index in [0.29, 0.717) is 6.54 Å². The summed E-state index contributed by atoms with van der Waals surface area (Å²) in [6.45, 7) is 3.78. The Hall–Kier alpha value is -0.720. The van der Waals surface area contributed by atoms with Crippen molar-refractivity contribution in [2.45, 2.75) is 37.5 Å². The maximum atomic E-state index is 12.1. The molecule has 1 aromatic carbocycles. The molecule has 2 heterocycles. The Morgan fingerprint density at radius 1 is 1.41 bits per heavy atom. The van der Waals surface area contributed by atoms with E-state index in [9.17, 15) is 8.42 Å². The van der Waals surface area contributed by atoms with Crippen LogP contribution in [0.4, 0.5) is 5.69 Å². The number of sulfonamides is 1. The van der Waals surface area contributed by atoms with Gasteiger partial charge >= 0.3 is 0 Å². The van der Waals surface area contributed by atoms with E-state index >= 15 is 0 Å². The first-order chi connectivity index (χ1) is 10.6. The molecule has 2 aliphatic heterocycles. The predicted octanol–water partition coefficient (Wildman–Crippen LogP) is 2.77. The number of hydrogen-bond acceptors (Lipinski definition) is 4. The standard InChI is InChI=1S/C16H24N2O2S2/c1-13(17-12-16-7-3-9-21-16)14-5-2-6-15(11-14)18-8-4-10-22(18,19)20/h2,5-6,11,13,16-17H,3-4,7-10,12H2,1H3/t13-,16-/m0/s1. The molecule has 4 nitrogen and oxygen atoms in total. The Bertz CT molecular complexity index is 612. The SMILES string of the molecule is C[C@H](NC[C@@H]1CCCS1)c1cccc(N2CCCS2(=O)=O)c1. The van der Waals surface area contributed by atoms with Gasteiger partial charge in [-0.2, -0.15) is 11.8 Å². The van der Waals surface area contributed by atoms with Crippen LogP contribution in [0.1, 0.15) is 37.8 Å². The van der Waals surface area contributed by atoms with E-state index in [-0.39, 0.29) is 11.8 Å². The Morgan fingerprint density at radius 3 is 2.95 bits per heavy atom. The van der Waals surface area contributed by atoms with Crippen LogP contribution in [0.15, 0.2) is 24.3 Å². The molecule has 1 N–H and O–H groups in total. The van der Waals surface area contributed by atoms with Crippen LogP contribution in [-0.2, 0) is 10.0 Å². The first kappa shape index (κ1) is 16.1. The van der Waals surface area contributed by atoms with E-state index in [1.807, 2.05) is 18.2 Å². The molecule has 122 valence electrons. The van der Waals surface area contributed by atoms with Crippen LogP contribution in [0.3, 0.4) is 0 Å². The Kier molecular flexibility index (Phi) is 5.00. The summed E-state index contributed by atoms with van der Waals surface area (Å²) in [7, 11) is -3.10. The highest BCUT2D eigenvalue weighted by Gasteiger charge is 2.28. The minimum absolute atomic E-state index is 0.242. The van der Waals surface area contributed by atoms with Crippen LogP contribution in [-0.4, -0.2) is 38.3 Å². The number of benzene rings is 1. The van der Waals surface area contributed by atoms with E-state index in [1.54, 1.807) is 4.31 Å². The minimum Gasteiger partial charge on any atom is -0.309 e. The third kappa shape index (κ3) is 3.60. The van der Waals surface area contributed by atoms with Gasteiger partial charge in [-0.05, 0) is 49.6 Å². The van der Waals surface area contributed by atoms with Crippen molar-refractivity contribution in [2.24, 2.45) is 0 Å². The fourth-order valence-electron chi connectivity index (χ4n) is 3.11. The summed E-state index contributed by atoms with van der Waals surface area (Å²) >= 11 is 2.05. The van der Waals surface area contributed by atoms with Crippen LogP contribution in [0.5, 0.6) is 0 Å². The molecule has 0 aliphatic carbocycles. The van der Waals surface area contributed by atoms with Crippen LogP contribution in [0.2, 0.25) is 0 Å². The van der Waals surface area contributed by atoms with E-state index in [0.717, 1.165) is 29.5 Å². The van der Waals surface area contributed by atoms with Crippen molar-refractivity contribution in [1.82, 2.24) is 5.32 Å². The van der Waals surface area contributed by atoms with Gasteiger partial charge in [0.1, 0.15) is 0 Å². The maximum Gasteiger partial charge on any atom is 0.235 e. The van der Waals surface area contributed by atoms with Crippen molar-refractivity contribution >= 4 is 27.5 Å². The molecule has 0 unspecified atom stereocenters. The van der Waals surface area contributed by atoms with E-state index in [2.05, 4.69) is 30.1 Å². The highest BCUT2D eigenvalue weighted by atomic mass is 32.2. The molecule has 6 heteroatoms. The number of thioether (sulfide) groups is 1. The Labute approximate surface area is 137 Å². The van der Waals surface area contributed by atoms with Crippen molar-refractivity contribution < 1.29 is 8.42 Å². The second-order valence-electron chi connectivity index (χ2n) is 6.10. The van der Waals surface area contributed by atoms with E-state index < -0.39 is 10.0 Å². The number of nitrogens with one attached hydrogen (secondary N) is 1. The van der Waals surface area contributed by atoms with Gasteiger partial charge in [-0.25, -0.2) is 8.42 Å². The molecular weight excluding hydrogens is 316 g/mol. The molecule has 2 aliphatic rings. The number of hydrogen-bond donors (Lipinski definition) is 1. The van der Waals surface area contributed by atoms with E-state index in [4.69, 9.17) is 0 Å². The van der Waals surface area contributed by atoms with Crippen molar-refractivity contribution in [1.29, 1.82) is 0 Å². The molecule has 3 rings (SSSR count). The summed E-state index contributed by atoms with van der Waals surface area (Å²) < 4.78 is 25.7.